The third kappa shape index (κ3) is 5.90. The monoisotopic (exact) mass is 678 g/mol. The minimum absolute atomic E-state index is 0.0522. The molecule has 1 aromatic heterocycles. The summed E-state index contributed by atoms with van der Waals surface area (Å²) in [5.74, 6) is 0.945. The van der Waals surface area contributed by atoms with Gasteiger partial charge in [0.1, 0.15) is 0 Å². The number of phenolic OH excluding ortho intramolecular Hbond substituents is 1. The first-order valence-electron chi connectivity index (χ1n) is 13.0. The number of nitrogens with zero attached hydrogens (tertiary/aromatic N) is 2. The molecule has 2 heterocycles. The zero-order valence-corrected chi connectivity index (χ0v) is 25.9. The van der Waals surface area contributed by atoms with Crippen molar-refractivity contribution in [1.82, 2.24) is 4.57 Å². The highest BCUT2D eigenvalue weighted by atomic mass is 127. The number of carbonyl (C=O) groups is 1. The van der Waals surface area contributed by atoms with Gasteiger partial charge in [0, 0.05) is 0 Å². The quantitative estimate of drug-likeness (QED) is 0.252. The maximum Gasteiger partial charge on any atom is 0.338 e. The second-order valence-electron chi connectivity index (χ2n) is 8.66. The van der Waals surface area contributed by atoms with Crippen LogP contribution in [0, 0.1) is 3.57 Å². The molecule has 3 aromatic rings. The number of thiazole rings is 1. The van der Waals surface area contributed by atoms with E-state index in [-0.39, 0.29) is 23.5 Å². The first-order chi connectivity index (χ1) is 19.2. The number of fused-ring (bicyclic) bond motifs is 1. The summed E-state index contributed by atoms with van der Waals surface area (Å²) in [5.41, 5.74) is 1.80. The summed E-state index contributed by atoms with van der Waals surface area (Å²) in [6.07, 6.45) is 1.73. The van der Waals surface area contributed by atoms with Crippen LogP contribution in [-0.4, -0.2) is 42.1 Å². The second-order valence-corrected chi connectivity index (χ2v) is 10.8. The third-order valence-electron chi connectivity index (χ3n) is 6.05. The maximum atomic E-state index is 13.9. The van der Waals surface area contributed by atoms with Gasteiger partial charge in [0.2, 0.25) is 0 Å². The summed E-state index contributed by atoms with van der Waals surface area (Å²) >= 11 is 3.25. The van der Waals surface area contributed by atoms with Crippen LogP contribution in [0.25, 0.3) is 6.08 Å². The molecule has 0 spiro atoms. The summed E-state index contributed by atoms with van der Waals surface area (Å²) in [5, 5.41) is 10.3. The van der Waals surface area contributed by atoms with E-state index in [4.69, 9.17) is 18.9 Å². The summed E-state index contributed by atoms with van der Waals surface area (Å²) in [4.78, 5) is 32.2. The Morgan fingerprint density at radius 1 is 1.02 bits per heavy atom. The first kappa shape index (κ1) is 29.7. The number of halogens is 1. The molecule has 1 atom stereocenters. The van der Waals surface area contributed by atoms with E-state index in [1.807, 2.05) is 49.4 Å². The van der Waals surface area contributed by atoms with Crippen molar-refractivity contribution in [3.63, 3.8) is 0 Å². The largest absolute Gasteiger partial charge is 0.504 e. The second kappa shape index (κ2) is 12.9. The van der Waals surface area contributed by atoms with Gasteiger partial charge in [-0.1, -0.05) is 17.4 Å². The molecule has 1 aliphatic heterocycles. The van der Waals surface area contributed by atoms with Crippen LogP contribution >= 0.6 is 33.9 Å². The van der Waals surface area contributed by atoms with E-state index in [1.165, 1.54) is 15.9 Å². The van der Waals surface area contributed by atoms with Crippen molar-refractivity contribution in [3.8, 4) is 23.0 Å². The van der Waals surface area contributed by atoms with Crippen LogP contribution in [0.1, 0.15) is 51.8 Å². The van der Waals surface area contributed by atoms with Gasteiger partial charge in [0.05, 0.1) is 51.8 Å². The number of rotatable bonds is 10. The van der Waals surface area contributed by atoms with Gasteiger partial charge in [-0.15, -0.1) is 0 Å². The molecule has 1 aliphatic rings. The summed E-state index contributed by atoms with van der Waals surface area (Å²) in [6, 6.07) is 8.07. The zero-order valence-electron chi connectivity index (χ0n) is 22.9. The van der Waals surface area contributed by atoms with Crippen molar-refractivity contribution in [3.05, 3.63) is 76.0 Å². The van der Waals surface area contributed by atoms with Gasteiger partial charge < -0.3 is 24.1 Å². The van der Waals surface area contributed by atoms with Crippen LogP contribution in [-0.2, 0) is 9.53 Å². The molecule has 9 nitrogen and oxygen atoms in total. The number of phenols is 1. The Morgan fingerprint density at radius 3 is 2.38 bits per heavy atom. The van der Waals surface area contributed by atoms with Crippen LogP contribution in [0.4, 0.5) is 0 Å². The molecule has 0 saturated heterocycles. The number of ether oxygens (including phenoxy) is 4. The average molecular weight is 679 g/mol. The van der Waals surface area contributed by atoms with E-state index in [1.54, 1.807) is 44.2 Å². The minimum Gasteiger partial charge on any atom is -0.504 e. The topological polar surface area (TPSA) is 109 Å². The highest BCUT2D eigenvalue weighted by molar-refractivity contribution is 14.1. The van der Waals surface area contributed by atoms with Gasteiger partial charge in [-0.05, 0) is 98.7 Å². The molecule has 0 aliphatic carbocycles. The molecule has 0 fully saturated rings. The molecular formula is C29H31IN2O7S. The average Bonchev–Trinajstić information content (AvgIpc) is 3.21. The fourth-order valence-electron chi connectivity index (χ4n) is 4.44. The number of esters is 1. The summed E-state index contributed by atoms with van der Waals surface area (Å²) < 4.78 is 25.1. The molecule has 40 heavy (non-hydrogen) atoms. The maximum absolute atomic E-state index is 13.9. The van der Waals surface area contributed by atoms with Gasteiger partial charge in [-0.3, -0.25) is 9.36 Å². The standard InChI is InChI=1S/C29H31IN2O7S/c1-6-36-20-11-10-18(15-21(20)37-7-2)25-24(28(35)39-9-4)16(5)31-29-32(25)27(34)23(40-29)14-17-12-19(30)26(33)22(13-17)38-8-3/h10-15,25,33H,6-9H2,1-5H3/b23-14-/t25-/m0/s1. The van der Waals surface area contributed by atoms with Crippen molar-refractivity contribution in [2.24, 2.45) is 4.99 Å². The zero-order chi connectivity index (χ0) is 29.0. The molecule has 212 valence electrons. The van der Waals surface area contributed by atoms with Gasteiger partial charge in [0.15, 0.2) is 27.8 Å². The molecular weight excluding hydrogens is 647 g/mol. The Kier molecular flexibility index (Phi) is 9.56. The number of benzene rings is 2. The Balaban J connectivity index is 1.95. The molecule has 0 bridgehead atoms. The van der Waals surface area contributed by atoms with Gasteiger partial charge in [0.25, 0.3) is 5.56 Å². The molecule has 0 saturated carbocycles. The Morgan fingerprint density at radius 2 is 1.70 bits per heavy atom. The van der Waals surface area contributed by atoms with E-state index >= 15 is 0 Å². The molecule has 4 rings (SSSR count). The number of hydrogen-bond donors (Lipinski definition) is 1. The fourth-order valence-corrected chi connectivity index (χ4v) is 6.11. The molecule has 2 aromatic carbocycles. The van der Waals surface area contributed by atoms with Crippen molar-refractivity contribution in [2.75, 3.05) is 26.4 Å². The van der Waals surface area contributed by atoms with Crippen LogP contribution in [0.15, 0.2) is 51.4 Å². The first-order valence-corrected chi connectivity index (χ1v) is 14.9. The SMILES string of the molecule is CCOC(=O)C1=C(C)N=c2s/c(=C\c3cc(I)c(O)c(OCC)c3)c(=O)n2[C@H]1c1ccc(OCC)c(OCC)c1. The van der Waals surface area contributed by atoms with Gasteiger partial charge in [-0.25, -0.2) is 9.79 Å². The number of aromatic nitrogens is 1. The summed E-state index contributed by atoms with van der Waals surface area (Å²) in [7, 11) is 0. The Labute approximate surface area is 249 Å². The molecule has 0 unspecified atom stereocenters. The predicted octanol–water partition coefficient (Wildman–Crippen LogP) is 4.30. The lowest BCUT2D eigenvalue weighted by atomic mass is 9.95. The molecule has 1 N–H and O–H groups in total. The van der Waals surface area contributed by atoms with Crippen LogP contribution in [0.5, 0.6) is 23.0 Å². The van der Waals surface area contributed by atoms with Crippen LogP contribution in [0.3, 0.4) is 0 Å². The lowest BCUT2D eigenvalue weighted by Crippen LogP contribution is -2.40. The number of hydrogen-bond acceptors (Lipinski definition) is 9. The number of carbonyl (C=O) groups excluding carboxylic acids is 1. The Bertz CT molecular complexity index is 1640. The lowest BCUT2D eigenvalue weighted by Gasteiger charge is -2.25. The van der Waals surface area contributed by atoms with E-state index < -0.39 is 12.0 Å². The minimum atomic E-state index is -0.786. The highest BCUT2D eigenvalue weighted by Gasteiger charge is 2.34. The van der Waals surface area contributed by atoms with E-state index in [2.05, 4.69) is 4.99 Å². The lowest BCUT2D eigenvalue weighted by molar-refractivity contribution is -0.139. The Hall–Kier alpha value is -3.32. The third-order valence-corrected chi connectivity index (χ3v) is 7.85. The van der Waals surface area contributed by atoms with Crippen molar-refractivity contribution in [1.29, 1.82) is 0 Å². The van der Waals surface area contributed by atoms with Crippen LogP contribution < -0.4 is 29.1 Å². The van der Waals surface area contributed by atoms with Gasteiger partial charge in [-0.2, -0.15) is 0 Å². The molecule has 11 heteroatoms. The van der Waals surface area contributed by atoms with Gasteiger partial charge >= 0.3 is 5.97 Å². The smallest absolute Gasteiger partial charge is 0.338 e. The van der Waals surface area contributed by atoms with Crippen molar-refractivity contribution in [2.45, 2.75) is 40.7 Å². The van der Waals surface area contributed by atoms with Crippen molar-refractivity contribution < 1.29 is 28.8 Å². The molecule has 0 radical (unpaired) electrons. The normalized spacial score (nSPS) is 14.9. The van der Waals surface area contributed by atoms with E-state index in [9.17, 15) is 14.7 Å². The number of aromatic hydroxyl groups is 1. The van der Waals surface area contributed by atoms with E-state index in [0.29, 0.717) is 66.8 Å². The van der Waals surface area contributed by atoms with E-state index in [0.717, 1.165) is 0 Å². The number of allylic oxidation sites excluding steroid dienone is 1. The highest BCUT2D eigenvalue weighted by Crippen LogP contribution is 2.37. The molecule has 0 amide bonds. The van der Waals surface area contributed by atoms with Crippen molar-refractivity contribution >= 4 is 46.0 Å². The summed E-state index contributed by atoms with van der Waals surface area (Å²) in [6.45, 7) is 10.5. The predicted molar refractivity (Wildman–Crippen MR) is 161 cm³/mol. The fraction of sp³-hybridized carbons (Fsp3) is 0.345. The van der Waals surface area contributed by atoms with Crippen LogP contribution in [0.2, 0.25) is 0 Å².